The average Bonchev–Trinajstić information content (AvgIpc) is 3.09. The third-order valence-electron chi connectivity index (χ3n) is 2.45. The summed E-state index contributed by atoms with van der Waals surface area (Å²) in [6.07, 6.45) is 3.01. The van der Waals surface area contributed by atoms with E-state index in [-0.39, 0.29) is 12.4 Å². The molecule has 0 bridgehead atoms. The Hall–Kier alpha value is -1.42. The maximum Gasteiger partial charge on any atom is 0.189 e. The molecule has 0 unspecified atom stereocenters. The van der Waals surface area contributed by atoms with Crippen LogP contribution in [0.25, 0.3) is 0 Å². The van der Waals surface area contributed by atoms with Gasteiger partial charge in [-0.2, -0.15) is 0 Å². The van der Waals surface area contributed by atoms with E-state index in [0.717, 1.165) is 6.07 Å². The van der Waals surface area contributed by atoms with Crippen molar-refractivity contribution in [3.63, 3.8) is 0 Å². The number of aldehydes is 1. The Kier molecular flexibility index (Phi) is 3.51. The van der Waals surface area contributed by atoms with Crippen LogP contribution >= 0.6 is 0 Å². The fourth-order valence-electron chi connectivity index (χ4n) is 1.35. The number of halogens is 1. The zero-order valence-corrected chi connectivity index (χ0v) is 8.82. The van der Waals surface area contributed by atoms with Crippen molar-refractivity contribution in [1.29, 1.82) is 0 Å². The third-order valence-corrected chi connectivity index (χ3v) is 2.45. The second-order valence-corrected chi connectivity index (χ2v) is 3.88. The average molecular weight is 224 g/mol. The van der Waals surface area contributed by atoms with Crippen molar-refractivity contribution in [2.45, 2.75) is 12.8 Å². The molecule has 0 saturated heterocycles. The quantitative estimate of drug-likeness (QED) is 0.423. The number of carbonyl (C=O) groups is 1. The smallest absolute Gasteiger partial charge is 0.189 e. The second-order valence-electron chi connectivity index (χ2n) is 3.88. The first-order chi connectivity index (χ1) is 7.79. The molecule has 0 atom stereocenters. The van der Waals surface area contributed by atoms with Gasteiger partial charge >= 0.3 is 0 Å². The normalized spacial score (nSPS) is 14.8. The van der Waals surface area contributed by atoms with Crippen LogP contribution in [0, 0.1) is 11.7 Å². The van der Waals surface area contributed by atoms with Crippen molar-refractivity contribution in [3.05, 3.63) is 29.6 Å². The highest BCUT2D eigenvalue weighted by molar-refractivity contribution is 5.79. The summed E-state index contributed by atoms with van der Waals surface area (Å²) in [5, 5.41) is 0. The molecule has 0 aliphatic heterocycles. The van der Waals surface area contributed by atoms with Crippen molar-refractivity contribution in [2.24, 2.45) is 5.92 Å². The minimum absolute atomic E-state index is 0.100. The van der Waals surface area contributed by atoms with Gasteiger partial charge in [-0.1, -0.05) is 0 Å². The molecule has 4 heteroatoms. The van der Waals surface area contributed by atoms with Gasteiger partial charge < -0.3 is 9.47 Å². The van der Waals surface area contributed by atoms with Gasteiger partial charge in [-0.3, -0.25) is 4.79 Å². The van der Waals surface area contributed by atoms with Crippen LogP contribution in [0.2, 0.25) is 0 Å². The van der Waals surface area contributed by atoms with Crippen molar-refractivity contribution in [2.75, 3.05) is 13.4 Å². The van der Waals surface area contributed by atoms with Crippen LogP contribution in [0.1, 0.15) is 23.2 Å². The van der Waals surface area contributed by atoms with E-state index in [1.54, 1.807) is 0 Å². The lowest BCUT2D eigenvalue weighted by molar-refractivity contribution is 0.00965. The van der Waals surface area contributed by atoms with Crippen LogP contribution in [0.3, 0.4) is 0 Å². The molecule has 2 rings (SSSR count). The highest BCUT2D eigenvalue weighted by Gasteiger charge is 2.21. The Morgan fingerprint density at radius 1 is 1.44 bits per heavy atom. The predicted octanol–water partition coefficient (Wildman–Crippen LogP) is 2.40. The first kappa shape index (κ1) is 11.1. The molecule has 1 saturated carbocycles. The van der Waals surface area contributed by atoms with Crippen molar-refractivity contribution in [1.82, 2.24) is 0 Å². The van der Waals surface area contributed by atoms with Gasteiger partial charge in [0.2, 0.25) is 0 Å². The van der Waals surface area contributed by atoms with E-state index < -0.39 is 5.82 Å². The van der Waals surface area contributed by atoms with Crippen molar-refractivity contribution in [3.8, 4) is 5.75 Å². The molecule has 0 spiro atoms. The fraction of sp³-hybridized carbons (Fsp3) is 0.417. The molecule has 1 aromatic carbocycles. The Morgan fingerprint density at radius 3 is 2.94 bits per heavy atom. The zero-order valence-electron chi connectivity index (χ0n) is 8.82. The molecule has 1 fully saturated rings. The molecule has 0 amide bonds. The predicted molar refractivity (Wildman–Crippen MR) is 56.0 cm³/mol. The van der Waals surface area contributed by atoms with Crippen LogP contribution in [-0.4, -0.2) is 19.7 Å². The summed E-state index contributed by atoms with van der Waals surface area (Å²) in [7, 11) is 0. The molecule has 1 aliphatic rings. The second kappa shape index (κ2) is 5.07. The molecular formula is C12H13FO3. The maximum absolute atomic E-state index is 12.8. The fourth-order valence-corrected chi connectivity index (χ4v) is 1.35. The summed E-state index contributed by atoms with van der Waals surface area (Å²) >= 11 is 0. The number of rotatable bonds is 6. The summed E-state index contributed by atoms with van der Waals surface area (Å²) in [5.41, 5.74) is 0.204. The summed E-state index contributed by atoms with van der Waals surface area (Å²) in [4.78, 5) is 10.6. The number of benzene rings is 1. The molecule has 0 N–H and O–H groups in total. The van der Waals surface area contributed by atoms with Gasteiger partial charge in [-0.05, 0) is 37.0 Å². The topological polar surface area (TPSA) is 35.5 Å². The Morgan fingerprint density at radius 2 is 2.25 bits per heavy atom. The van der Waals surface area contributed by atoms with Gasteiger partial charge in [0.25, 0.3) is 0 Å². The molecule has 0 heterocycles. The van der Waals surface area contributed by atoms with Crippen LogP contribution in [0.5, 0.6) is 5.75 Å². The van der Waals surface area contributed by atoms with E-state index >= 15 is 0 Å². The Labute approximate surface area is 93.2 Å². The van der Waals surface area contributed by atoms with Gasteiger partial charge in [-0.25, -0.2) is 4.39 Å². The number of hydrogen-bond acceptors (Lipinski definition) is 3. The lowest BCUT2D eigenvalue weighted by atomic mass is 10.2. The third kappa shape index (κ3) is 3.03. The highest BCUT2D eigenvalue weighted by atomic mass is 19.1. The SMILES string of the molecule is O=Cc1cc(F)ccc1OCOCC1CC1. The van der Waals surface area contributed by atoms with Crippen LogP contribution in [0.4, 0.5) is 4.39 Å². The van der Waals surface area contributed by atoms with Crippen molar-refractivity contribution < 1.29 is 18.7 Å². The van der Waals surface area contributed by atoms with Gasteiger partial charge in [0.05, 0.1) is 12.2 Å². The largest absolute Gasteiger partial charge is 0.467 e. The first-order valence-electron chi connectivity index (χ1n) is 5.25. The van der Waals surface area contributed by atoms with E-state index in [2.05, 4.69) is 0 Å². The molecule has 0 aromatic heterocycles. The summed E-state index contributed by atoms with van der Waals surface area (Å²) in [5.74, 6) is 0.572. The molecule has 0 radical (unpaired) electrons. The van der Waals surface area contributed by atoms with E-state index in [1.807, 2.05) is 0 Å². The van der Waals surface area contributed by atoms with Gasteiger partial charge in [0.15, 0.2) is 13.1 Å². The lowest BCUT2D eigenvalue weighted by Gasteiger charge is -2.08. The van der Waals surface area contributed by atoms with E-state index in [0.29, 0.717) is 24.6 Å². The van der Waals surface area contributed by atoms with E-state index in [9.17, 15) is 9.18 Å². The minimum Gasteiger partial charge on any atom is -0.467 e. The Bertz CT molecular complexity index is 375. The molecule has 1 aromatic rings. The number of hydrogen-bond donors (Lipinski definition) is 0. The standard InChI is InChI=1S/C12H13FO3/c13-11-3-4-12(10(5-11)6-14)16-8-15-7-9-1-2-9/h3-6,9H,1-2,7-8H2. The van der Waals surface area contributed by atoms with E-state index in [1.165, 1.54) is 25.0 Å². The monoisotopic (exact) mass is 224 g/mol. The Balaban J connectivity index is 1.84. The molecular weight excluding hydrogens is 211 g/mol. The maximum atomic E-state index is 12.8. The van der Waals surface area contributed by atoms with Crippen molar-refractivity contribution >= 4 is 6.29 Å². The lowest BCUT2D eigenvalue weighted by Crippen LogP contribution is -2.06. The molecule has 1 aliphatic carbocycles. The van der Waals surface area contributed by atoms with Gasteiger partial charge in [-0.15, -0.1) is 0 Å². The van der Waals surface area contributed by atoms with Gasteiger partial charge in [0.1, 0.15) is 11.6 Å². The summed E-state index contributed by atoms with van der Waals surface area (Å²) < 4.78 is 23.3. The minimum atomic E-state index is -0.451. The molecule has 16 heavy (non-hydrogen) atoms. The van der Waals surface area contributed by atoms with Crippen LogP contribution < -0.4 is 4.74 Å². The van der Waals surface area contributed by atoms with Crippen LogP contribution in [-0.2, 0) is 4.74 Å². The zero-order chi connectivity index (χ0) is 11.4. The summed E-state index contributed by atoms with van der Waals surface area (Å²) in [6.45, 7) is 0.792. The van der Waals surface area contributed by atoms with Crippen LogP contribution in [0.15, 0.2) is 18.2 Å². The number of carbonyl (C=O) groups excluding carboxylic acids is 1. The molecule has 3 nitrogen and oxygen atoms in total. The first-order valence-corrected chi connectivity index (χ1v) is 5.25. The highest BCUT2D eigenvalue weighted by Crippen LogP contribution is 2.28. The molecule has 86 valence electrons. The van der Waals surface area contributed by atoms with E-state index in [4.69, 9.17) is 9.47 Å². The summed E-state index contributed by atoms with van der Waals surface area (Å²) in [6, 6.07) is 3.83. The van der Waals surface area contributed by atoms with Gasteiger partial charge in [0, 0.05) is 0 Å². The number of ether oxygens (including phenoxy) is 2.